The monoisotopic (exact) mass is 401 g/mol. The van der Waals surface area contributed by atoms with Crippen LogP contribution < -0.4 is 5.32 Å². The number of imidazole rings is 1. The molecule has 0 saturated carbocycles. The molecule has 0 saturated heterocycles. The van der Waals surface area contributed by atoms with Crippen molar-refractivity contribution in [3.05, 3.63) is 41.9 Å². The zero-order valence-electron chi connectivity index (χ0n) is 17.6. The van der Waals surface area contributed by atoms with Crippen LogP contribution in [0.15, 0.2) is 30.5 Å². The molecule has 29 heavy (non-hydrogen) atoms. The SMILES string of the molecule is COC(=O)[C@@H](Cc1ccc(-c2cn(C)c(C(C)=O)n2)cc1)NC(=O)OC(C)(C)C. The number of aromatic nitrogens is 2. The molecule has 1 atom stereocenters. The van der Waals surface area contributed by atoms with Crippen LogP contribution in [0.25, 0.3) is 11.3 Å². The summed E-state index contributed by atoms with van der Waals surface area (Å²) in [6.07, 6.45) is 1.34. The molecular formula is C21H27N3O5. The van der Waals surface area contributed by atoms with E-state index in [1.54, 1.807) is 38.6 Å². The molecule has 0 bridgehead atoms. The van der Waals surface area contributed by atoms with E-state index in [1.807, 2.05) is 24.3 Å². The zero-order chi connectivity index (χ0) is 21.8. The average molecular weight is 401 g/mol. The molecule has 2 rings (SSSR count). The van der Waals surface area contributed by atoms with Gasteiger partial charge in [-0.2, -0.15) is 0 Å². The lowest BCUT2D eigenvalue weighted by Crippen LogP contribution is -2.45. The predicted molar refractivity (Wildman–Crippen MR) is 108 cm³/mol. The summed E-state index contributed by atoms with van der Waals surface area (Å²) in [4.78, 5) is 40.0. The van der Waals surface area contributed by atoms with Gasteiger partial charge >= 0.3 is 12.1 Å². The fourth-order valence-electron chi connectivity index (χ4n) is 2.77. The van der Waals surface area contributed by atoms with Crippen LogP contribution >= 0.6 is 0 Å². The third kappa shape index (κ3) is 6.17. The standard InChI is InChI=1S/C21H27N3O5/c1-13(25)18-22-17(12-24(18)5)15-9-7-14(8-10-15)11-16(19(26)28-6)23-20(27)29-21(2,3)4/h7-10,12,16H,11H2,1-6H3,(H,23,27)/t16-/m1/s1. The van der Waals surface area contributed by atoms with Crippen molar-refractivity contribution in [2.75, 3.05) is 7.11 Å². The van der Waals surface area contributed by atoms with Crippen molar-refractivity contribution in [2.24, 2.45) is 7.05 Å². The van der Waals surface area contributed by atoms with Crippen LogP contribution in [0.3, 0.4) is 0 Å². The highest BCUT2D eigenvalue weighted by Gasteiger charge is 2.25. The summed E-state index contributed by atoms with van der Waals surface area (Å²) in [5, 5.41) is 2.55. The number of hydrogen-bond donors (Lipinski definition) is 1. The number of methoxy groups -OCH3 is 1. The van der Waals surface area contributed by atoms with Crippen molar-refractivity contribution in [3.8, 4) is 11.3 Å². The van der Waals surface area contributed by atoms with Crippen LogP contribution in [-0.4, -0.2) is 46.1 Å². The highest BCUT2D eigenvalue weighted by molar-refractivity contribution is 5.91. The van der Waals surface area contributed by atoms with Crippen LogP contribution in [0.2, 0.25) is 0 Å². The molecule has 1 aromatic heterocycles. The number of esters is 1. The second-order valence-corrected chi connectivity index (χ2v) is 7.74. The first-order valence-corrected chi connectivity index (χ1v) is 9.21. The van der Waals surface area contributed by atoms with Gasteiger partial charge in [0.15, 0.2) is 11.6 Å². The van der Waals surface area contributed by atoms with Crippen LogP contribution in [0.1, 0.15) is 43.9 Å². The lowest BCUT2D eigenvalue weighted by Gasteiger charge is -2.22. The number of amides is 1. The fraction of sp³-hybridized carbons (Fsp3) is 0.429. The number of benzene rings is 1. The second-order valence-electron chi connectivity index (χ2n) is 7.74. The first-order chi connectivity index (χ1) is 13.5. The van der Waals surface area contributed by atoms with Crippen LogP contribution in [0, 0.1) is 0 Å². The normalized spacial score (nSPS) is 12.2. The van der Waals surface area contributed by atoms with Gasteiger partial charge in [-0.25, -0.2) is 14.6 Å². The molecular weight excluding hydrogens is 374 g/mol. The summed E-state index contributed by atoms with van der Waals surface area (Å²) < 4.78 is 11.7. The Balaban J connectivity index is 2.14. The number of carbonyl (C=O) groups is 3. The molecule has 0 fully saturated rings. The van der Waals surface area contributed by atoms with Crippen molar-refractivity contribution < 1.29 is 23.9 Å². The summed E-state index contributed by atoms with van der Waals surface area (Å²) in [5.74, 6) is -0.281. The van der Waals surface area contributed by atoms with Gasteiger partial charge < -0.3 is 19.4 Å². The molecule has 0 aliphatic heterocycles. The lowest BCUT2D eigenvalue weighted by molar-refractivity contribution is -0.143. The number of hydrogen-bond acceptors (Lipinski definition) is 6. The molecule has 156 valence electrons. The number of nitrogens with one attached hydrogen (secondary N) is 1. The van der Waals surface area contributed by atoms with E-state index in [4.69, 9.17) is 9.47 Å². The zero-order valence-corrected chi connectivity index (χ0v) is 17.6. The summed E-state index contributed by atoms with van der Waals surface area (Å²) in [5.41, 5.74) is 1.67. The molecule has 0 aliphatic carbocycles. The highest BCUT2D eigenvalue weighted by atomic mass is 16.6. The summed E-state index contributed by atoms with van der Waals surface area (Å²) in [6, 6.07) is 6.50. The molecule has 1 N–H and O–H groups in total. The molecule has 1 aromatic carbocycles. The van der Waals surface area contributed by atoms with Gasteiger partial charge in [-0.1, -0.05) is 24.3 Å². The van der Waals surface area contributed by atoms with Crippen molar-refractivity contribution in [1.29, 1.82) is 0 Å². The highest BCUT2D eigenvalue weighted by Crippen LogP contribution is 2.20. The number of aryl methyl sites for hydroxylation is 1. The van der Waals surface area contributed by atoms with Crippen molar-refractivity contribution in [2.45, 2.75) is 45.8 Å². The number of carbonyl (C=O) groups excluding carboxylic acids is 3. The Bertz CT molecular complexity index is 894. The molecule has 1 amide bonds. The van der Waals surface area contributed by atoms with Crippen molar-refractivity contribution in [3.63, 3.8) is 0 Å². The van der Waals surface area contributed by atoms with E-state index < -0.39 is 23.7 Å². The number of ether oxygens (including phenoxy) is 2. The Labute approximate surface area is 170 Å². The Kier molecular flexibility index (Phi) is 6.79. The minimum atomic E-state index is -0.875. The molecule has 0 unspecified atom stereocenters. The third-order valence-corrected chi connectivity index (χ3v) is 4.06. The Morgan fingerprint density at radius 3 is 2.28 bits per heavy atom. The summed E-state index contributed by atoms with van der Waals surface area (Å²) >= 11 is 0. The average Bonchev–Trinajstić information content (AvgIpc) is 3.01. The van der Waals surface area contributed by atoms with Gasteiger partial charge in [-0.05, 0) is 26.3 Å². The second kappa shape index (κ2) is 8.89. The van der Waals surface area contributed by atoms with Crippen molar-refractivity contribution in [1.82, 2.24) is 14.9 Å². The molecule has 0 spiro atoms. The van der Waals surface area contributed by atoms with Crippen LogP contribution in [-0.2, 0) is 27.7 Å². The van der Waals surface area contributed by atoms with E-state index in [9.17, 15) is 14.4 Å². The smallest absolute Gasteiger partial charge is 0.408 e. The number of rotatable bonds is 6. The Morgan fingerprint density at radius 2 is 1.79 bits per heavy atom. The van der Waals surface area contributed by atoms with Crippen LogP contribution in [0.5, 0.6) is 0 Å². The van der Waals surface area contributed by atoms with E-state index in [0.29, 0.717) is 11.5 Å². The minimum absolute atomic E-state index is 0.107. The molecule has 8 heteroatoms. The van der Waals surface area contributed by atoms with Gasteiger partial charge in [-0.15, -0.1) is 0 Å². The predicted octanol–water partition coefficient (Wildman–Crippen LogP) is 2.90. The number of ketones is 1. The molecule has 1 heterocycles. The maximum atomic E-state index is 12.1. The van der Waals surface area contributed by atoms with Crippen LogP contribution in [0.4, 0.5) is 4.79 Å². The molecule has 8 nitrogen and oxygen atoms in total. The number of alkyl carbamates (subject to hydrolysis) is 1. The van der Waals surface area contributed by atoms with E-state index in [1.165, 1.54) is 14.0 Å². The molecule has 0 aliphatic rings. The largest absolute Gasteiger partial charge is 0.467 e. The number of Topliss-reactive ketones (excluding diaryl/α,β-unsaturated/α-hetero) is 1. The van der Waals surface area contributed by atoms with Crippen molar-refractivity contribution >= 4 is 17.8 Å². The summed E-state index contributed by atoms with van der Waals surface area (Å²) in [6.45, 7) is 6.70. The van der Waals surface area contributed by atoms with Gasteiger partial charge in [-0.3, -0.25) is 4.79 Å². The Hall–Kier alpha value is -3.16. The van der Waals surface area contributed by atoms with E-state index in [-0.39, 0.29) is 12.2 Å². The third-order valence-electron chi connectivity index (χ3n) is 4.06. The quantitative estimate of drug-likeness (QED) is 0.590. The molecule has 2 aromatic rings. The fourth-order valence-corrected chi connectivity index (χ4v) is 2.77. The maximum absolute atomic E-state index is 12.1. The van der Waals surface area contributed by atoms with Gasteiger partial charge in [0.05, 0.1) is 12.8 Å². The van der Waals surface area contributed by atoms with Gasteiger partial charge in [0.25, 0.3) is 0 Å². The van der Waals surface area contributed by atoms with Gasteiger partial charge in [0, 0.05) is 32.2 Å². The van der Waals surface area contributed by atoms with Gasteiger partial charge in [0.1, 0.15) is 11.6 Å². The topological polar surface area (TPSA) is 99.5 Å². The van der Waals surface area contributed by atoms with E-state index in [0.717, 1.165) is 11.1 Å². The first-order valence-electron chi connectivity index (χ1n) is 9.21. The summed E-state index contributed by atoms with van der Waals surface area (Å²) in [7, 11) is 3.04. The molecule has 0 radical (unpaired) electrons. The minimum Gasteiger partial charge on any atom is -0.467 e. The number of nitrogens with zero attached hydrogens (tertiary/aromatic N) is 2. The van der Waals surface area contributed by atoms with E-state index >= 15 is 0 Å². The van der Waals surface area contributed by atoms with E-state index in [2.05, 4.69) is 10.3 Å². The first kappa shape index (κ1) is 22.1. The van der Waals surface area contributed by atoms with Gasteiger partial charge in [0.2, 0.25) is 0 Å². The Morgan fingerprint density at radius 1 is 1.17 bits per heavy atom. The lowest BCUT2D eigenvalue weighted by atomic mass is 10.0. The maximum Gasteiger partial charge on any atom is 0.408 e.